The molecule has 0 aromatic heterocycles. The largest absolute Gasteiger partial charge is 0.490 e. The molecule has 1 N–H and O–H groups in total. The molecule has 0 aliphatic rings. The summed E-state index contributed by atoms with van der Waals surface area (Å²) in [5.74, 6) is -0.0272. The highest BCUT2D eigenvalue weighted by molar-refractivity contribution is 9.10. The highest BCUT2D eigenvalue weighted by Crippen LogP contribution is 2.17. The Kier molecular flexibility index (Phi) is 6.98. The number of nitrogens with one attached hydrogen (secondary N) is 1. The molecule has 6 nitrogen and oxygen atoms in total. The maximum Gasteiger partial charge on any atom is 0.324 e. The monoisotopic (exact) mass is 427 g/mol. The van der Waals surface area contributed by atoms with E-state index in [0.29, 0.717) is 5.75 Å². The summed E-state index contributed by atoms with van der Waals surface area (Å²) in [5, 5.41) is 0. The van der Waals surface area contributed by atoms with Crippen LogP contribution in [0.25, 0.3) is 0 Å². The van der Waals surface area contributed by atoms with Crippen LogP contribution in [-0.4, -0.2) is 33.6 Å². The summed E-state index contributed by atoms with van der Waals surface area (Å²) in [4.78, 5) is 12.0. The molecule has 0 aliphatic heterocycles. The van der Waals surface area contributed by atoms with Gasteiger partial charge in [0.15, 0.2) is 0 Å². The predicted molar refractivity (Wildman–Crippen MR) is 96.8 cm³/mol. The first kappa shape index (κ1) is 19.4. The van der Waals surface area contributed by atoms with Crippen LogP contribution in [0.1, 0.15) is 6.92 Å². The summed E-state index contributed by atoms with van der Waals surface area (Å²) >= 11 is 3.33. The number of hydrogen-bond acceptors (Lipinski definition) is 5. The molecule has 8 heteroatoms. The highest BCUT2D eigenvalue weighted by atomic mass is 79.9. The average molecular weight is 428 g/mol. The van der Waals surface area contributed by atoms with Gasteiger partial charge in [0.1, 0.15) is 25.0 Å². The third-order valence-electron chi connectivity index (χ3n) is 3.13. The SMILES string of the molecule is C[C@H](NS(=O)(=O)c1ccccc1)C(=O)OCCOc1cccc(Br)c1. The molecule has 0 aliphatic carbocycles. The summed E-state index contributed by atoms with van der Waals surface area (Å²) in [6.45, 7) is 1.61. The van der Waals surface area contributed by atoms with Crippen molar-refractivity contribution in [2.75, 3.05) is 13.2 Å². The first-order valence-electron chi connectivity index (χ1n) is 7.51. The van der Waals surface area contributed by atoms with Crippen LogP contribution in [0.4, 0.5) is 0 Å². The van der Waals surface area contributed by atoms with Crippen LogP contribution in [0.2, 0.25) is 0 Å². The Hall–Kier alpha value is -1.90. The molecule has 0 bridgehead atoms. The number of hydrogen-bond donors (Lipinski definition) is 1. The van der Waals surface area contributed by atoms with Gasteiger partial charge in [-0.3, -0.25) is 4.79 Å². The summed E-state index contributed by atoms with van der Waals surface area (Å²) in [6.07, 6.45) is 0. The molecule has 25 heavy (non-hydrogen) atoms. The quantitative estimate of drug-likeness (QED) is 0.517. The zero-order valence-electron chi connectivity index (χ0n) is 13.5. The smallest absolute Gasteiger partial charge is 0.324 e. The van der Waals surface area contributed by atoms with Gasteiger partial charge in [0.05, 0.1) is 4.90 Å². The molecule has 0 unspecified atom stereocenters. The van der Waals surface area contributed by atoms with Crippen LogP contribution in [0.15, 0.2) is 64.0 Å². The van der Waals surface area contributed by atoms with E-state index < -0.39 is 22.0 Å². The van der Waals surface area contributed by atoms with Gasteiger partial charge in [-0.1, -0.05) is 40.2 Å². The van der Waals surface area contributed by atoms with Gasteiger partial charge in [0.2, 0.25) is 10.0 Å². The minimum absolute atomic E-state index is 0.0166. The molecular formula is C17H18BrNO5S. The topological polar surface area (TPSA) is 81.7 Å². The lowest BCUT2D eigenvalue weighted by Gasteiger charge is -2.14. The fourth-order valence-corrected chi connectivity index (χ4v) is 3.52. The Bertz CT molecular complexity index is 811. The molecule has 2 aromatic carbocycles. The van der Waals surface area contributed by atoms with Crippen molar-refractivity contribution in [3.63, 3.8) is 0 Å². The third-order valence-corrected chi connectivity index (χ3v) is 5.18. The van der Waals surface area contributed by atoms with E-state index in [1.165, 1.54) is 19.1 Å². The van der Waals surface area contributed by atoms with E-state index in [9.17, 15) is 13.2 Å². The molecule has 1 atom stereocenters. The second-order valence-electron chi connectivity index (χ2n) is 5.13. The molecule has 0 spiro atoms. The maximum absolute atomic E-state index is 12.1. The van der Waals surface area contributed by atoms with Crippen molar-refractivity contribution in [3.05, 3.63) is 59.1 Å². The van der Waals surface area contributed by atoms with E-state index >= 15 is 0 Å². The number of halogens is 1. The summed E-state index contributed by atoms with van der Waals surface area (Å²) < 4.78 is 37.9. The van der Waals surface area contributed by atoms with Crippen molar-refractivity contribution < 1.29 is 22.7 Å². The van der Waals surface area contributed by atoms with Crippen molar-refractivity contribution in [1.29, 1.82) is 0 Å². The summed E-state index contributed by atoms with van der Waals surface area (Å²) in [7, 11) is -3.77. The van der Waals surface area contributed by atoms with Crippen LogP contribution in [0.5, 0.6) is 5.75 Å². The molecular weight excluding hydrogens is 410 g/mol. The first-order chi connectivity index (χ1) is 11.9. The fraction of sp³-hybridized carbons (Fsp3) is 0.235. The number of sulfonamides is 1. The second kappa shape index (κ2) is 8.98. The van der Waals surface area contributed by atoms with Gasteiger partial charge in [-0.2, -0.15) is 4.72 Å². The predicted octanol–water partition coefficient (Wildman–Crippen LogP) is 2.74. The van der Waals surface area contributed by atoms with Crippen molar-refractivity contribution in [2.24, 2.45) is 0 Å². The number of ether oxygens (including phenoxy) is 2. The number of benzene rings is 2. The molecule has 0 amide bonds. The van der Waals surface area contributed by atoms with E-state index in [2.05, 4.69) is 20.7 Å². The van der Waals surface area contributed by atoms with Crippen LogP contribution in [0, 0.1) is 0 Å². The van der Waals surface area contributed by atoms with E-state index in [-0.39, 0.29) is 18.1 Å². The zero-order valence-corrected chi connectivity index (χ0v) is 15.9. The number of carbonyl (C=O) groups is 1. The van der Waals surface area contributed by atoms with Gasteiger partial charge >= 0.3 is 5.97 Å². The Balaban J connectivity index is 1.78. The third kappa shape index (κ3) is 6.15. The number of esters is 1. The lowest BCUT2D eigenvalue weighted by atomic mass is 10.3. The van der Waals surface area contributed by atoms with E-state index in [1.807, 2.05) is 12.1 Å². The van der Waals surface area contributed by atoms with Crippen LogP contribution in [-0.2, 0) is 19.6 Å². The summed E-state index contributed by atoms with van der Waals surface area (Å²) in [5.41, 5.74) is 0. The molecule has 134 valence electrons. The van der Waals surface area contributed by atoms with E-state index in [0.717, 1.165) is 4.47 Å². The standard InChI is InChI=1S/C17H18BrNO5S/c1-13(19-25(21,22)16-8-3-2-4-9-16)17(20)24-11-10-23-15-7-5-6-14(18)12-15/h2-9,12-13,19H,10-11H2,1H3/t13-/m0/s1. The van der Waals surface area contributed by atoms with Gasteiger partial charge < -0.3 is 9.47 Å². The molecule has 0 fully saturated rings. The van der Waals surface area contributed by atoms with Crippen molar-refractivity contribution in [2.45, 2.75) is 17.9 Å². The lowest BCUT2D eigenvalue weighted by Crippen LogP contribution is -2.39. The maximum atomic E-state index is 12.1. The van der Waals surface area contributed by atoms with Crippen LogP contribution < -0.4 is 9.46 Å². The summed E-state index contributed by atoms with van der Waals surface area (Å²) in [6, 6.07) is 14.1. The Morgan fingerprint density at radius 2 is 1.84 bits per heavy atom. The Labute approximate surface area is 155 Å². The molecule has 0 radical (unpaired) electrons. The highest BCUT2D eigenvalue weighted by Gasteiger charge is 2.22. The van der Waals surface area contributed by atoms with Gasteiger partial charge in [-0.05, 0) is 37.3 Å². The van der Waals surface area contributed by atoms with Gasteiger partial charge in [-0.25, -0.2) is 8.42 Å². The Morgan fingerprint density at radius 1 is 1.12 bits per heavy atom. The normalized spacial score (nSPS) is 12.4. The second-order valence-corrected chi connectivity index (χ2v) is 7.76. The van der Waals surface area contributed by atoms with E-state index in [1.54, 1.807) is 30.3 Å². The van der Waals surface area contributed by atoms with Crippen LogP contribution >= 0.6 is 15.9 Å². The van der Waals surface area contributed by atoms with Crippen molar-refractivity contribution in [3.8, 4) is 5.75 Å². The molecule has 2 aromatic rings. The first-order valence-corrected chi connectivity index (χ1v) is 9.78. The number of rotatable bonds is 8. The van der Waals surface area contributed by atoms with Gasteiger partial charge in [0, 0.05) is 4.47 Å². The van der Waals surface area contributed by atoms with Gasteiger partial charge in [-0.15, -0.1) is 0 Å². The van der Waals surface area contributed by atoms with Crippen molar-refractivity contribution in [1.82, 2.24) is 4.72 Å². The number of carbonyl (C=O) groups excluding carboxylic acids is 1. The molecule has 0 heterocycles. The van der Waals surface area contributed by atoms with Gasteiger partial charge in [0.25, 0.3) is 0 Å². The minimum atomic E-state index is -3.77. The zero-order chi connectivity index (χ0) is 18.3. The van der Waals surface area contributed by atoms with E-state index in [4.69, 9.17) is 9.47 Å². The van der Waals surface area contributed by atoms with Crippen molar-refractivity contribution >= 4 is 31.9 Å². The Morgan fingerprint density at radius 3 is 2.52 bits per heavy atom. The molecule has 0 saturated carbocycles. The average Bonchev–Trinajstić information content (AvgIpc) is 2.59. The lowest BCUT2D eigenvalue weighted by molar-refractivity contribution is -0.145. The molecule has 0 saturated heterocycles. The van der Waals surface area contributed by atoms with Crippen LogP contribution in [0.3, 0.4) is 0 Å². The minimum Gasteiger partial charge on any atom is -0.490 e. The fourth-order valence-electron chi connectivity index (χ4n) is 1.93. The molecule has 2 rings (SSSR count).